The molecule has 0 aliphatic heterocycles. The van der Waals surface area contributed by atoms with Gasteiger partial charge in [0.25, 0.3) is 10.0 Å². The molecule has 0 aliphatic carbocycles. The van der Waals surface area contributed by atoms with Gasteiger partial charge in [0.1, 0.15) is 30.4 Å². The zero-order chi connectivity index (χ0) is 25.3. The Labute approximate surface area is 214 Å². The van der Waals surface area contributed by atoms with Crippen molar-refractivity contribution < 1.29 is 27.4 Å². The van der Waals surface area contributed by atoms with Crippen LogP contribution >= 0.6 is 15.9 Å². The van der Waals surface area contributed by atoms with E-state index in [1.54, 1.807) is 67.8 Å². The van der Waals surface area contributed by atoms with Crippen molar-refractivity contribution in [3.05, 3.63) is 77.3 Å². The number of halogens is 1. The number of sulfonamides is 1. The van der Waals surface area contributed by atoms with E-state index in [4.69, 9.17) is 14.2 Å². The number of ether oxygens (including phenoxy) is 3. The van der Waals surface area contributed by atoms with Crippen LogP contribution in [0.4, 0.5) is 5.69 Å². The molecule has 8 nitrogen and oxygen atoms in total. The molecule has 0 atom stereocenters. The molecule has 0 saturated carbocycles. The summed E-state index contributed by atoms with van der Waals surface area (Å²) < 4.78 is 44.9. The molecule has 10 heteroatoms. The minimum absolute atomic E-state index is 0.0729. The molecule has 0 spiro atoms. The fourth-order valence-corrected chi connectivity index (χ4v) is 4.85. The van der Waals surface area contributed by atoms with E-state index in [1.165, 1.54) is 12.1 Å². The van der Waals surface area contributed by atoms with Gasteiger partial charge in [-0.05, 0) is 67.6 Å². The molecular formula is C25H27BrN2O6S. The lowest BCUT2D eigenvalue weighted by Gasteiger charge is -2.24. The van der Waals surface area contributed by atoms with Crippen LogP contribution in [0.5, 0.6) is 17.2 Å². The normalized spacial score (nSPS) is 10.9. The maximum Gasteiger partial charge on any atom is 0.264 e. The number of rotatable bonds is 12. The summed E-state index contributed by atoms with van der Waals surface area (Å²) in [4.78, 5) is 12.8. The third-order valence-electron chi connectivity index (χ3n) is 4.86. The molecule has 3 aromatic carbocycles. The van der Waals surface area contributed by atoms with Crippen molar-refractivity contribution in [3.63, 3.8) is 0 Å². The quantitative estimate of drug-likeness (QED) is 0.332. The molecule has 0 bridgehead atoms. The second kappa shape index (κ2) is 12.5. The molecule has 3 rings (SSSR count). The van der Waals surface area contributed by atoms with Crippen LogP contribution in [0, 0.1) is 0 Å². The van der Waals surface area contributed by atoms with Crippen LogP contribution in [0.15, 0.2) is 82.2 Å². The summed E-state index contributed by atoms with van der Waals surface area (Å²) in [7, 11) is -2.44. The zero-order valence-electron chi connectivity index (χ0n) is 19.4. The van der Waals surface area contributed by atoms with Crippen LogP contribution in [0.2, 0.25) is 0 Å². The molecular weight excluding hydrogens is 536 g/mol. The molecule has 0 fully saturated rings. The van der Waals surface area contributed by atoms with Crippen molar-refractivity contribution >= 4 is 37.5 Å². The third kappa shape index (κ3) is 7.37. The van der Waals surface area contributed by atoms with Gasteiger partial charge in [-0.1, -0.05) is 22.0 Å². The number of carbonyl (C=O) groups is 1. The van der Waals surface area contributed by atoms with Crippen LogP contribution in [0.25, 0.3) is 0 Å². The summed E-state index contributed by atoms with van der Waals surface area (Å²) >= 11 is 3.31. The highest BCUT2D eigenvalue weighted by Crippen LogP contribution is 2.26. The van der Waals surface area contributed by atoms with Gasteiger partial charge < -0.3 is 19.5 Å². The van der Waals surface area contributed by atoms with Crippen molar-refractivity contribution in [2.45, 2.75) is 11.8 Å². The minimum Gasteiger partial charge on any atom is -0.497 e. The fraction of sp³-hybridized carbons (Fsp3) is 0.240. The zero-order valence-corrected chi connectivity index (χ0v) is 21.8. The van der Waals surface area contributed by atoms with Gasteiger partial charge in [0.05, 0.1) is 30.8 Å². The molecule has 3 aromatic rings. The molecule has 35 heavy (non-hydrogen) atoms. The number of hydrogen-bond acceptors (Lipinski definition) is 6. The molecule has 186 valence electrons. The van der Waals surface area contributed by atoms with E-state index >= 15 is 0 Å². The number of carbonyl (C=O) groups excluding carboxylic acids is 1. The van der Waals surface area contributed by atoms with E-state index in [0.29, 0.717) is 29.5 Å². The fourth-order valence-electron chi connectivity index (χ4n) is 3.16. The summed E-state index contributed by atoms with van der Waals surface area (Å²) in [6.45, 7) is 2.36. The lowest BCUT2D eigenvalue weighted by molar-refractivity contribution is -0.119. The predicted molar refractivity (Wildman–Crippen MR) is 138 cm³/mol. The van der Waals surface area contributed by atoms with Gasteiger partial charge in [-0.15, -0.1) is 0 Å². The smallest absolute Gasteiger partial charge is 0.264 e. The summed E-state index contributed by atoms with van der Waals surface area (Å²) in [5.41, 5.74) is 0.346. The van der Waals surface area contributed by atoms with Gasteiger partial charge in [-0.25, -0.2) is 8.42 Å². The van der Waals surface area contributed by atoms with Crippen molar-refractivity contribution in [1.82, 2.24) is 5.32 Å². The first-order chi connectivity index (χ1) is 16.8. The van der Waals surface area contributed by atoms with Gasteiger partial charge in [0, 0.05) is 10.5 Å². The number of hydrogen-bond donors (Lipinski definition) is 1. The van der Waals surface area contributed by atoms with Crippen LogP contribution < -0.4 is 23.8 Å². The van der Waals surface area contributed by atoms with Crippen LogP contribution in [-0.4, -0.2) is 47.7 Å². The highest BCUT2D eigenvalue weighted by atomic mass is 79.9. The minimum atomic E-state index is -4.01. The monoisotopic (exact) mass is 562 g/mol. The lowest BCUT2D eigenvalue weighted by Crippen LogP contribution is -2.41. The van der Waals surface area contributed by atoms with Crippen molar-refractivity contribution in [2.75, 3.05) is 37.7 Å². The Hall–Kier alpha value is -3.24. The van der Waals surface area contributed by atoms with Crippen molar-refractivity contribution in [2.24, 2.45) is 0 Å². The molecule has 0 saturated heterocycles. The topological polar surface area (TPSA) is 94.2 Å². The van der Waals surface area contributed by atoms with Crippen molar-refractivity contribution in [3.8, 4) is 17.2 Å². The summed E-state index contributed by atoms with van der Waals surface area (Å²) in [6.07, 6.45) is 0. The average molecular weight is 563 g/mol. The van der Waals surface area contributed by atoms with Crippen LogP contribution in [-0.2, 0) is 14.8 Å². The number of nitrogens with one attached hydrogen (secondary N) is 1. The number of amides is 1. The van der Waals surface area contributed by atoms with E-state index in [9.17, 15) is 13.2 Å². The van der Waals surface area contributed by atoms with E-state index in [-0.39, 0.29) is 18.0 Å². The van der Waals surface area contributed by atoms with Crippen LogP contribution in [0.3, 0.4) is 0 Å². The number of nitrogens with zero attached hydrogens (tertiary/aromatic N) is 1. The van der Waals surface area contributed by atoms with Gasteiger partial charge in [0.2, 0.25) is 5.91 Å². The highest BCUT2D eigenvalue weighted by Gasteiger charge is 2.27. The first-order valence-electron chi connectivity index (χ1n) is 10.9. The standard InChI is InChI=1S/C25H27BrN2O6S/c1-3-33-21-11-9-20(10-12-21)28(35(30,31)24-13-7-19(26)8-14-24)18-25(29)27-15-16-34-23-6-4-5-22(17-23)32-2/h4-14,17H,3,15-16,18H2,1-2H3,(H,27,29). The average Bonchev–Trinajstić information content (AvgIpc) is 2.86. The lowest BCUT2D eigenvalue weighted by atomic mass is 10.3. The summed E-state index contributed by atoms with van der Waals surface area (Å²) in [5, 5.41) is 2.71. The molecule has 0 aromatic heterocycles. The molecule has 0 radical (unpaired) electrons. The first-order valence-corrected chi connectivity index (χ1v) is 13.1. The predicted octanol–water partition coefficient (Wildman–Crippen LogP) is 4.25. The van der Waals surface area contributed by atoms with E-state index in [1.807, 2.05) is 6.92 Å². The largest absolute Gasteiger partial charge is 0.497 e. The maximum absolute atomic E-state index is 13.4. The third-order valence-corrected chi connectivity index (χ3v) is 7.18. The number of anilines is 1. The molecule has 1 N–H and O–H groups in total. The molecule has 0 unspecified atom stereocenters. The number of benzene rings is 3. The van der Waals surface area contributed by atoms with Crippen molar-refractivity contribution in [1.29, 1.82) is 0 Å². The Morgan fingerprint density at radius 3 is 2.29 bits per heavy atom. The van der Waals surface area contributed by atoms with Crippen LogP contribution in [0.1, 0.15) is 6.92 Å². The summed E-state index contributed by atoms with van der Waals surface area (Å²) in [5.74, 6) is 1.41. The van der Waals surface area contributed by atoms with E-state index in [0.717, 1.165) is 8.78 Å². The Morgan fingerprint density at radius 1 is 0.943 bits per heavy atom. The summed E-state index contributed by atoms with van der Waals surface area (Å²) in [6, 6.07) is 19.9. The Kier molecular flexibility index (Phi) is 9.39. The molecule has 0 aliphatic rings. The number of methoxy groups -OCH3 is 1. The Morgan fingerprint density at radius 2 is 1.63 bits per heavy atom. The van der Waals surface area contributed by atoms with Gasteiger partial charge in [-0.2, -0.15) is 0 Å². The van der Waals surface area contributed by atoms with E-state index < -0.39 is 22.5 Å². The maximum atomic E-state index is 13.4. The first kappa shape index (κ1) is 26.4. The molecule has 1 amide bonds. The Balaban J connectivity index is 1.71. The second-order valence-corrected chi connectivity index (χ2v) is 10.0. The van der Waals surface area contributed by atoms with Gasteiger partial charge in [-0.3, -0.25) is 9.10 Å². The van der Waals surface area contributed by atoms with Gasteiger partial charge in [0.15, 0.2) is 0 Å². The van der Waals surface area contributed by atoms with E-state index in [2.05, 4.69) is 21.2 Å². The molecule has 0 heterocycles. The Bertz CT molecular complexity index is 1220. The second-order valence-electron chi connectivity index (χ2n) is 7.27. The highest BCUT2D eigenvalue weighted by molar-refractivity contribution is 9.10. The van der Waals surface area contributed by atoms with Gasteiger partial charge >= 0.3 is 0 Å². The SMILES string of the molecule is CCOc1ccc(N(CC(=O)NCCOc2cccc(OC)c2)S(=O)(=O)c2ccc(Br)cc2)cc1.